The number of aryl methyl sites for hydroxylation is 1. The molecule has 0 radical (unpaired) electrons. The molecule has 0 aliphatic carbocycles. The van der Waals surface area contributed by atoms with Gasteiger partial charge in [-0.3, -0.25) is 0 Å². The van der Waals surface area contributed by atoms with Crippen LogP contribution in [-0.4, -0.2) is 4.98 Å². The molecule has 148 valence electrons. The van der Waals surface area contributed by atoms with Crippen molar-refractivity contribution in [1.82, 2.24) is 4.98 Å². The Hall–Kier alpha value is -3.08. The van der Waals surface area contributed by atoms with E-state index in [4.69, 9.17) is 21.0 Å². The molecular weight excluding hydrogens is 412 g/mol. The SMILES string of the molecule is Cc1ccc2nc(-c3ccc(NCc4ccc(-c5ccccc5Cl)o4)cc3)sc2c1. The Morgan fingerprint density at radius 3 is 2.63 bits per heavy atom. The number of hydrogen-bond donors (Lipinski definition) is 1. The summed E-state index contributed by atoms with van der Waals surface area (Å²) in [5.41, 5.74) is 5.37. The quantitative estimate of drug-likeness (QED) is 0.309. The fourth-order valence-corrected chi connectivity index (χ4v) is 4.65. The number of nitrogens with one attached hydrogen (secondary N) is 1. The molecule has 0 unspecified atom stereocenters. The molecule has 5 rings (SSSR count). The van der Waals surface area contributed by atoms with Crippen molar-refractivity contribution in [2.45, 2.75) is 13.5 Å². The number of hydrogen-bond acceptors (Lipinski definition) is 4. The summed E-state index contributed by atoms with van der Waals surface area (Å²) >= 11 is 7.99. The van der Waals surface area contributed by atoms with Gasteiger partial charge in [0.2, 0.25) is 0 Å². The molecule has 30 heavy (non-hydrogen) atoms. The predicted molar refractivity (Wildman–Crippen MR) is 126 cm³/mol. The fourth-order valence-electron chi connectivity index (χ4n) is 3.35. The minimum Gasteiger partial charge on any atom is -0.459 e. The second-order valence-corrected chi connectivity index (χ2v) is 8.60. The molecule has 0 aliphatic heterocycles. The Balaban J connectivity index is 1.28. The van der Waals surface area contributed by atoms with Crippen molar-refractivity contribution in [3.8, 4) is 21.9 Å². The second-order valence-electron chi connectivity index (χ2n) is 7.17. The average Bonchev–Trinajstić information content (AvgIpc) is 3.40. The first-order valence-electron chi connectivity index (χ1n) is 9.71. The molecule has 0 saturated heterocycles. The molecule has 1 N–H and O–H groups in total. The lowest BCUT2D eigenvalue weighted by atomic mass is 10.2. The zero-order valence-corrected chi connectivity index (χ0v) is 17.9. The van der Waals surface area contributed by atoms with Gasteiger partial charge in [0.25, 0.3) is 0 Å². The van der Waals surface area contributed by atoms with E-state index in [0.717, 1.165) is 38.9 Å². The zero-order valence-electron chi connectivity index (χ0n) is 16.4. The van der Waals surface area contributed by atoms with E-state index in [-0.39, 0.29) is 0 Å². The molecular formula is C25H19ClN2OS. The topological polar surface area (TPSA) is 38.1 Å². The van der Waals surface area contributed by atoms with E-state index in [9.17, 15) is 0 Å². The van der Waals surface area contributed by atoms with Gasteiger partial charge in [0.15, 0.2) is 0 Å². The van der Waals surface area contributed by atoms with E-state index in [1.807, 2.05) is 36.4 Å². The fraction of sp³-hybridized carbons (Fsp3) is 0.0800. The molecule has 0 atom stereocenters. The number of halogens is 1. The molecule has 2 heterocycles. The Morgan fingerprint density at radius 2 is 1.80 bits per heavy atom. The minimum atomic E-state index is 0.601. The molecule has 0 spiro atoms. The molecule has 3 aromatic carbocycles. The number of aromatic nitrogens is 1. The van der Waals surface area contributed by atoms with E-state index >= 15 is 0 Å². The van der Waals surface area contributed by atoms with Crippen LogP contribution in [0.25, 0.3) is 32.1 Å². The molecule has 5 aromatic rings. The highest BCUT2D eigenvalue weighted by Gasteiger charge is 2.09. The summed E-state index contributed by atoms with van der Waals surface area (Å²) < 4.78 is 7.17. The maximum Gasteiger partial charge on any atom is 0.135 e. The molecule has 2 aromatic heterocycles. The smallest absolute Gasteiger partial charge is 0.135 e. The Labute approximate surface area is 184 Å². The third kappa shape index (κ3) is 3.84. The summed E-state index contributed by atoms with van der Waals surface area (Å²) in [5.74, 6) is 1.63. The average molecular weight is 431 g/mol. The van der Waals surface area contributed by atoms with Crippen LogP contribution in [0.15, 0.2) is 83.3 Å². The van der Waals surface area contributed by atoms with Crippen molar-refractivity contribution < 1.29 is 4.42 Å². The van der Waals surface area contributed by atoms with Gasteiger partial charge < -0.3 is 9.73 Å². The van der Waals surface area contributed by atoms with Crippen LogP contribution in [0.2, 0.25) is 5.02 Å². The number of fused-ring (bicyclic) bond motifs is 1. The van der Waals surface area contributed by atoms with Crippen LogP contribution in [-0.2, 0) is 6.54 Å². The van der Waals surface area contributed by atoms with Crippen LogP contribution in [0.5, 0.6) is 0 Å². The lowest BCUT2D eigenvalue weighted by molar-refractivity contribution is 0.531. The van der Waals surface area contributed by atoms with Gasteiger partial charge in [-0.25, -0.2) is 4.98 Å². The first-order valence-corrected chi connectivity index (χ1v) is 10.9. The Morgan fingerprint density at radius 1 is 0.967 bits per heavy atom. The van der Waals surface area contributed by atoms with Gasteiger partial charge in [0.05, 0.1) is 21.8 Å². The first kappa shape index (κ1) is 18.9. The molecule has 0 fully saturated rings. The lowest BCUT2D eigenvalue weighted by Crippen LogP contribution is -1.97. The van der Waals surface area contributed by atoms with Crippen molar-refractivity contribution in [2.75, 3.05) is 5.32 Å². The van der Waals surface area contributed by atoms with E-state index in [1.165, 1.54) is 10.3 Å². The third-order valence-corrected chi connectivity index (χ3v) is 6.34. The van der Waals surface area contributed by atoms with Crippen LogP contribution >= 0.6 is 22.9 Å². The first-order chi connectivity index (χ1) is 14.7. The third-order valence-electron chi connectivity index (χ3n) is 4.94. The number of rotatable bonds is 5. The van der Waals surface area contributed by atoms with Crippen LogP contribution in [0.4, 0.5) is 5.69 Å². The number of anilines is 1. The predicted octanol–water partition coefficient (Wildman–Crippen LogP) is 7.80. The summed E-state index contributed by atoms with van der Waals surface area (Å²) in [6.45, 7) is 2.71. The van der Waals surface area contributed by atoms with Crippen molar-refractivity contribution in [3.63, 3.8) is 0 Å². The van der Waals surface area contributed by atoms with E-state index < -0.39 is 0 Å². The summed E-state index contributed by atoms with van der Waals surface area (Å²) in [5, 5.41) is 5.14. The molecule has 3 nitrogen and oxygen atoms in total. The van der Waals surface area contributed by atoms with E-state index in [1.54, 1.807) is 11.3 Å². The molecule has 0 amide bonds. The largest absolute Gasteiger partial charge is 0.459 e. The van der Waals surface area contributed by atoms with Gasteiger partial charge in [-0.1, -0.05) is 29.8 Å². The summed E-state index contributed by atoms with van der Waals surface area (Å²) in [4.78, 5) is 4.76. The van der Waals surface area contributed by atoms with Crippen molar-refractivity contribution >= 4 is 38.8 Å². The molecule has 0 saturated carbocycles. The van der Waals surface area contributed by atoms with Crippen LogP contribution in [0.1, 0.15) is 11.3 Å². The monoisotopic (exact) mass is 430 g/mol. The highest BCUT2D eigenvalue weighted by Crippen LogP contribution is 2.32. The molecule has 0 aliphatic rings. The van der Waals surface area contributed by atoms with Crippen LogP contribution in [0.3, 0.4) is 0 Å². The van der Waals surface area contributed by atoms with Crippen LogP contribution in [0, 0.1) is 6.92 Å². The van der Waals surface area contributed by atoms with Crippen molar-refractivity contribution in [1.29, 1.82) is 0 Å². The lowest BCUT2D eigenvalue weighted by Gasteiger charge is -2.05. The molecule has 5 heteroatoms. The van der Waals surface area contributed by atoms with E-state index in [0.29, 0.717) is 11.6 Å². The van der Waals surface area contributed by atoms with Gasteiger partial charge >= 0.3 is 0 Å². The maximum atomic E-state index is 6.26. The number of thiazole rings is 1. The number of nitrogens with zero attached hydrogens (tertiary/aromatic N) is 1. The number of benzene rings is 3. The van der Waals surface area contributed by atoms with Gasteiger partial charge in [0.1, 0.15) is 16.5 Å². The highest BCUT2D eigenvalue weighted by atomic mass is 35.5. The van der Waals surface area contributed by atoms with Crippen molar-refractivity contribution in [2.24, 2.45) is 0 Å². The van der Waals surface area contributed by atoms with Crippen LogP contribution < -0.4 is 5.32 Å². The van der Waals surface area contributed by atoms with Gasteiger partial charge in [0, 0.05) is 16.8 Å². The minimum absolute atomic E-state index is 0.601. The molecule has 0 bridgehead atoms. The Bertz CT molecular complexity index is 1320. The summed E-state index contributed by atoms with van der Waals surface area (Å²) in [7, 11) is 0. The standard InChI is InChI=1S/C25H19ClN2OS/c1-16-6-12-22-24(14-16)30-25(28-22)17-7-9-18(10-8-17)27-15-19-11-13-23(29-19)20-4-2-3-5-21(20)26/h2-14,27H,15H2,1H3. The van der Waals surface area contributed by atoms with Gasteiger partial charge in [-0.15, -0.1) is 11.3 Å². The number of furan rings is 1. The normalized spacial score (nSPS) is 11.1. The summed E-state index contributed by atoms with van der Waals surface area (Å²) in [6.07, 6.45) is 0. The van der Waals surface area contributed by atoms with Gasteiger partial charge in [-0.2, -0.15) is 0 Å². The van der Waals surface area contributed by atoms with Gasteiger partial charge in [-0.05, 0) is 73.2 Å². The van der Waals surface area contributed by atoms with Crippen molar-refractivity contribution in [3.05, 3.63) is 95.2 Å². The Kier molecular flexibility index (Phi) is 5.03. The van der Waals surface area contributed by atoms with E-state index in [2.05, 4.69) is 54.7 Å². The second kappa shape index (κ2) is 7.98. The summed E-state index contributed by atoms with van der Waals surface area (Å²) in [6, 6.07) is 26.3. The highest BCUT2D eigenvalue weighted by molar-refractivity contribution is 7.21. The maximum absolute atomic E-state index is 6.26. The zero-order chi connectivity index (χ0) is 20.5.